The van der Waals surface area contributed by atoms with Crippen LogP contribution in [0.5, 0.6) is 11.5 Å². The van der Waals surface area contributed by atoms with Crippen LogP contribution in [0.3, 0.4) is 0 Å². The molecule has 0 bridgehead atoms. The van der Waals surface area contributed by atoms with Gasteiger partial charge in [0.15, 0.2) is 17.3 Å². The van der Waals surface area contributed by atoms with Crippen molar-refractivity contribution in [2.75, 3.05) is 13.2 Å². The fraction of sp³-hybridized carbons (Fsp3) is 0.429. The number of ether oxygens (including phenoxy) is 2. The first-order valence-corrected chi connectivity index (χ1v) is 6.30. The largest absolute Gasteiger partial charge is 0.490 e. The molecule has 102 valence electrons. The summed E-state index contributed by atoms with van der Waals surface area (Å²) in [6, 6.07) is 4.80. The lowest BCUT2D eigenvalue weighted by Crippen LogP contribution is -2.23. The molecule has 0 fully saturated rings. The lowest BCUT2D eigenvalue weighted by molar-refractivity contribution is -0.140. The van der Waals surface area contributed by atoms with E-state index in [1.807, 2.05) is 0 Å². The molecule has 0 aromatic heterocycles. The molecular formula is C14H16O5. The van der Waals surface area contributed by atoms with Crippen molar-refractivity contribution in [3.05, 3.63) is 23.8 Å². The van der Waals surface area contributed by atoms with Gasteiger partial charge in [0.1, 0.15) is 5.92 Å². The van der Waals surface area contributed by atoms with Gasteiger partial charge in [-0.25, -0.2) is 0 Å². The molecule has 19 heavy (non-hydrogen) atoms. The minimum absolute atomic E-state index is 0.266. The third-order valence-corrected chi connectivity index (χ3v) is 3.05. The Kier molecular flexibility index (Phi) is 4.04. The fourth-order valence-corrected chi connectivity index (χ4v) is 1.99. The van der Waals surface area contributed by atoms with E-state index in [2.05, 4.69) is 0 Å². The molecule has 2 rings (SSSR count). The van der Waals surface area contributed by atoms with Gasteiger partial charge in [-0.1, -0.05) is 6.92 Å². The van der Waals surface area contributed by atoms with Gasteiger partial charge in [0.2, 0.25) is 0 Å². The number of hydrogen-bond donors (Lipinski definition) is 1. The van der Waals surface area contributed by atoms with Crippen LogP contribution in [0.15, 0.2) is 18.2 Å². The second-order valence-electron chi connectivity index (χ2n) is 4.38. The van der Waals surface area contributed by atoms with Gasteiger partial charge >= 0.3 is 5.97 Å². The number of rotatable bonds is 4. The number of fused-ring (bicyclic) bond motifs is 1. The predicted molar refractivity (Wildman–Crippen MR) is 67.8 cm³/mol. The van der Waals surface area contributed by atoms with E-state index in [1.165, 1.54) is 0 Å². The molecule has 0 amide bonds. The van der Waals surface area contributed by atoms with Crippen LogP contribution in [0.4, 0.5) is 0 Å². The predicted octanol–water partition coefficient (Wildman–Crippen LogP) is 2.14. The van der Waals surface area contributed by atoms with Gasteiger partial charge in [-0.05, 0) is 24.6 Å². The average molecular weight is 264 g/mol. The Hall–Kier alpha value is -2.04. The summed E-state index contributed by atoms with van der Waals surface area (Å²) in [6.07, 6.45) is 1.05. The van der Waals surface area contributed by atoms with Crippen LogP contribution in [-0.4, -0.2) is 30.1 Å². The van der Waals surface area contributed by atoms with Crippen molar-refractivity contribution in [3.8, 4) is 11.5 Å². The highest BCUT2D eigenvalue weighted by Crippen LogP contribution is 2.31. The number of hydrogen-bond acceptors (Lipinski definition) is 4. The highest BCUT2D eigenvalue weighted by atomic mass is 16.5. The topological polar surface area (TPSA) is 72.8 Å². The third-order valence-electron chi connectivity index (χ3n) is 3.05. The summed E-state index contributed by atoms with van der Waals surface area (Å²) in [7, 11) is 0. The lowest BCUT2D eigenvalue weighted by Gasteiger charge is -2.11. The first-order chi connectivity index (χ1) is 9.13. The first-order valence-electron chi connectivity index (χ1n) is 6.30. The Bertz CT molecular complexity index is 495. The van der Waals surface area contributed by atoms with E-state index in [4.69, 9.17) is 14.6 Å². The summed E-state index contributed by atoms with van der Waals surface area (Å²) < 4.78 is 11.0. The number of ketones is 1. The third kappa shape index (κ3) is 2.86. The maximum Gasteiger partial charge on any atom is 0.314 e. The smallest absolute Gasteiger partial charge is 0.314 e. The van der Waals surface area contributed by atoms with Crippen molar-refractivity contribution in [2.45, 2.75) is 19.8 Å². The number of Topliss-reactive ketones (excluding diaryl/α,β-unsaturated/α-hetero) is 1. The maximum atomic E-state index is 12.1. The molecule has 0 aliphatic carbocycles. The fourth-order valence-electron chi connectivity index (χ4n) is 1.99. The van der Waals surface area contributed by atoms with Crippen molar-refractivity contribution >= 4 is 11.8 Å². The van der Waals surface area contributed by atoms with Crippen LogP contribution in [0.2, 0.25) is 0 Å². The quantitative estimate of drug-likeness (QED) is 0.666. The molecule has 0 saturated heterocycles. The SMILES string of the molecule is CCC(C(=O)O)C(=O)c1ccc2c(c1)OCCCO2. The number of carbonyl (C=O) groups is 2. The van der Waals surface area contributed by atoms with Crippen molar-refractivity contribution in [1.82, 2.24) is 0 Å². The molecular weight excluding hydrogens is 248 g/mol. The highest BCUT2D eigenvalue weighted by molar-refractivity contribution is 6.08. The van der Waals surface area contributed by atoms with Crippen LogP contribution in [0, 0.1) is 5.92 Å². The molecule has 5 heteroatoms. The number of carboxylic acids is 1. The van der Waals surface area contributed by atoms with E-state index in [9.17, 15) is 9.59 Å². The minimum Gasteiger partial charge on any atom is -0.490 e. The van der Waals surface area contributed by atoms with E-state index in [-0.39, 0.29) is 6.42 Å². The van der Waals surface area contributed by atoms with Crippen LogP contribution < -0.4 is 9.47 Å². The van der Waals surface area contributed by atoms with Crippen LogP contribution in [0.25, 0.3) is 0 Å². The minimum atomic E-state index is -1.10. The molecule has 1 N–H and O–H groups in total. The van der Waals surface area contributed by atoms with Gasteiger partial charge in [0.05, 0.1) is 13.2 Å². The summed E-state index contributed by atoms with van der Waals surface area (Å²) in [5.74, 6) is -1.41. The summed E-state index contributed by atoms with van der Waals surface area (Å²) >= 11 is 0. The van der Waals surface area contributed by atoms with Gasteiger partial charge in [-0.15, -0.1) is 0 Å². The van der Waals surface area contributed by atoms with Gasteiger partial charge in [-0.3, -0.25) is 9.59 Å². The van der Waals surface area contributed by atoms with Crippen LogP contribution >= 0.6 is 0 Å². The zero-order chi connectivity index (χ0) is 13.8. The monoisotopic (exact) mass is 264 g/mol. The number of aliphatic carboxylic acids is 1. The van der Waals surface area contributed by atoms with E-state index in [0.29, 0.717) is 30.3 Å². The summed E-state index contributed by atoms with van der Waals surface area (Å²) in [5.41, 5.74) is 0.346. The summed E-state index contributed by atoms with van der Waals surface area (Å²) in [6.45, 7) is 2.79. The molecule has 1 aromatic rings. The molecule has 0 radical (unpaired) electrons. The molecule has 1 heterocycles. The Labute approximate surface area is 111 Å². The number of benzene rings is 1. The van der Waals surface area contributed by atoms with E-state index < -0.39 is 17.7 Å². The standard InChI is InChI=1S/C14H16O5/c1-2-10(14(16)17)13(15)9-4-5-11-12(8-9)19-7-3-6-18-11/h4-5,8,10H,2-3,6-7H2,1H3,(H,16,17). The van der Waals surface area contributed by atoms with Crippen molar-refractivity contribution < 1.29 is 24.2 Å². The molecule has 1 unspecified atom stereocenters. The Morgan fingerprint density at radius 2 is 1.95 bits per heavy atom. The van der Waals surface area contributed by atoms with Gasteiger partial charge < -0.3 is 14.6 Å². The zero-order valence-corrected chi connectivity index (χ0v) is 10.7. The van der Waals surface area contributed by atoms with Crippen LogP contribution in [-0.2, 0) is 4.79 Å². The Balaban J connectivity index is 2.28. The Morgan fingerprint density at radius 3 is 2.58 bits per heavy atom. The number of carboxylic acid groups (broad SMARTS) is 1. The van der Waals surface area contributed by atoms with Crippen molar-refractivity contribution in [3.63, 3.8) is 0 Å². The van der Waals surface area contributed by atoms with Gasteiger partial charge in [-0.2, -0.15) is 0 Å². The normalized spacial score (nSPS) is 15.4. The average Bonchev–Trinajstić information content (AvgIpc) is 2.63. The zero-order valence-electron chi connectivity index (χ0n) is 10.7. The lowest BCUT2D eigenvalue weighted by atomic mass is 9.95. The van der Waals surface area contributed by atoms with Crippen molar-refractivity contribution in [2.24, 2.45) is 5.92 Å². The highest BCUT2D eigenvalue weighted by Gasteiger charge is 2.26. The summed E-state index contributed by atoms with van der Waals surface area (Å²) in [4.78, 5) is 23.1. The van der Waals surface area contributed by atoms with Gasteiger partial charge in [0.25, 0.3) is 0 Å². The summed E-state index contributed by atoms with van der Waals surface area (Å²) in [5, 5.41) is 9.01. The van der Waals surface area contributed by atoms with Gasteiger partial charge in [0, 0.05) is 12.0 Å². The molecule has 1 aliphatic heterocycles. The molecule has 0 saturated carbocycles. The second-order valence-corrected chi connectivity index (χ2v) is 4.38. The molecule has 0 spiro atoms. The van der Waals surface area contributed by atoms with Crippen molar-refractivity contribution in [1.29, 1.82) is 0 Å². The second kappa shape index (κ2) is 5.73. The maximum absolute atomic E-state index is 12.1. The molecule has 1 aliphatic rings. The first kappa shape index (κ1) is 13.4. The molecule has 1 atom stereocenters. The van der Waals surface area contributed by atoms with E-state index in [0.717, 1.165) is 6.42 Å². The van der Waals surface area contributed by atoms with E-state index in [1.54, 1.807) is 25.1 Å². The molecule has 1 aromatic carbocycles. The number of carbonyl (C=O) groups excluding carboxylic acids is 1. The molecule has 5 nitrogen and oxygen atoms in total. The van der Waals surface area contributed by atoms with Crippen LogP contribution in [0.1, 0.15) is 30.1 Å². The Morgan fingerprint density at radius 1 is 1.26 bits per heavy atom. The van der Waals surface area contributed by atoms with E-state index >= 15 is 0 Å².